The smallest absolute Gasteiger partial charge is 0.443 e. The average Bonchev–Trinajstić information content (AvgIpc) is 2.49. The first-order valence-corrected chi connectivity index (χ1v) is 4.63. The zero-order valence-corrected chi connectivity index (χ0v) is 9.49. The number of carbonyl (C=O) groups excluding carboxylic acids is 1. The second-order valence-electron chi connectivity index (χ2n) is 3.92. The largest absolute Gasteiger partial charge is 0.631 e. The van der Waals surface area contributed by atoms with Gasteiger partial charge in [0.1, 0.15) is 5.60 Å². The number of aromatic nitrogens is 1. The van der Waals surface area contributed by atoms with Gasteiger partial charge in [-0.2, -0.15) is 0 Å². The van der Waals surface area contributed by atoms with Gasteiger partial charge in [-0.15, -0.1) is 0 Å². The normalized spacial score (nSPS) is 10.1. The van der Waals surface area contributed by atoms with Gasteiger partial charge in [0.15, 0.2) is 0 Å². The fourth-order valence-corrected chi connectivity index (χ4v) is 0.771. The van der Waals surface area contributed by atoms with Crippen LogP contribution >= 0.6 is 0 Å². The Balaban J connectivity index is 0.000000487. The molecule has 6 nitrogen and oxygen atoms in total. The van der Waals surface area contributed by atoms with Crippen molar-refractivity contribution in [1.29, 1.82) is 0 Å². The Labute approximate surface area is 94.3 Å². The predicted octanol–water partition coefficient (Wildman–Crippen LogP) is 0.219. The van der Waals surface area contributed by atoms with E-state index < -0.39 is 12.9 Å². The van der Waals surface area contributed by atoms with E-state index in [0.717, 1.165) is 0 Å². The molecule has 1 aromatic rings. The standard InChI is InChI=1S/C9H13NO2.BH3O3/c1-9(2,3)12-8(11)10-6-4-5-7-10;2-1(3)4/h4-7H,1-3H3;2-4H. The summed E-state index contributed by atoms with van der Waals surface area (Å²) < 4.78 is 6.51. The molecule has 0 radical (unpaired) electrons. The summed E-state index contributed by atoms with van der Waals surface area (Å²) in [6.45, 7) is 5.52. The lowest BCUT2D eigenvalue weighted by molar-refractivity contribution is 0.0537. The lowest BCUT2D eigenvalue weighted by Crippen LogP contribution is -2.26. The van der Waals surface area contributed by atoms with Crippen LogP contribution in [-0.2, 0) is 4.74 Å². The molecule has 7 heteroatoms. The van der Waals surface area contributed by atoms with Crippen molar-refractivity contribution in [3.8, 4) is 0 Å². The fraction of sp³-hybridized carbons (Fsp3) is 0.444. The number of hydrogen-bond acceptors (Lipinski definition) is 5. The van der Waals surface area contributed by atoms with Crippen LogP contribution in [0.25, 0.3) is 0 Å². The highest BCUT2D eigenvalue weighted by atomic mass is 16.6. The van der Waals surface area contributed by atoms with Gasteiger partial charge >= 0.3 is 13.4 Å². The Bertz CT molecular complexity index is 301. The first-order chi connectivity index (χ1) is 7.22. The van der Waals surface area contributed by atoms with Gasteiger partial charge in [0.25, 0.3) is 0 Å². The maximum Gasteiger partial charge on any atom is 0.631 e. The maximum absolute atomic E-state index is 11.3. The van der Waals surface area contributed by atoms with Gasteiger partial charge in [-0.1, -0.05) is 0 Å². The quantitative estimate of drug-likeness (QED) is 0.553. The van der Waals surface area contributed by atoms with Crippen LogP contribution in [0, 0.1) is 0 Å². The third-order valence-corrected chi connectivity index (χ3v) is 1.21. The number of nitrogens with zero attached hydrogens (tertiary/aromatic N) is 1. The lowest BCUT2D eigenvalue weighted by Gasteiger charge is -2.19. The third kappa shape index (κ3) is 8.04. The highest BCUT2D eigenvalue weighted by molar-refractivity contribution is 6.30. The molecule has 0 saturated heterocycles. The van der Waals surface area contributed by atoms with E-state index in [2.05, 4.69) is 0 Å². The van der Waals surface area contributed by atoms with E-state index >= 15 is 0 Å². The predicted molar refractivity (Wildman–Crippen MR) is 58.5 cm³/mol. The summed E-state index contributed by atoms with van der Waals surface area (Å²) in [4.78, 5) is 11.3. The molecule has 90 valence electrons. The average molecular weight is 229 g/mol. The minimum atomic E-state index is -2.17. The van der Waals surface area contributed by atoms with Crippen LogP contribution in [0.4, 0.5) is 4.79 Å². The van der Waals surface area contributed by atoms with Crippen LogP contribution in [0.3, 0.4) is 0 Å². The van der Waals surface area contributed by atoms with Crippen LogP contribution in [0.15, 0.2) is 24.5 Å². The molecular formula is C9H16BNO5. The van der Waals surface area contributed by atoms with Crippen molar-refractivity contribution in [2.45, 2.75) is 26.4 Å². The molecule has 0 aliphatic heterocycles. The van der Waals surface area contributed by atoms with Crippen LogP contribution in [-0.4, -0.2) is 38.7 Å². The highest BCUT2D eigenvalue weighted by Crippen LogP contribution is 2.08. The number of carbonyl (C=O) groups is 1. The fourth-order valence-electron chi connectivity index (χ4n) is 0.771. The first kappa shape index (κ1) is 14.7. The molecule has 0 saturated carbocycles. The molecule has 0 bridgehead atoms. The Morgan fingerprint density at radius 3 is 1.88 bits per heavy atom. The third-order valence-electron chi connectivity index (χ3n) is 1.21. The second kappa shape index (κ2) is 6.31. The zero-order valence-electron chi connectivity index (χ0n) is 9.49. The van der Waals surface area contributed by atoms with E-state index in [1.165, 1.54) is 4.57 Å². The molecule has 3 N–H and O–H groups in total. The highest BCUT2D eigenvalue weighted by Gasteiger charge is 2.16. The maximum atomic E-state index is 11.3. The molecule has 0 aliphatic carbocycles. The lowest BCUT2D eigenvalue weighted by atomic mass is 10.2. The van der Waals surface area contributed by atoms with Crippen molar-refractivity contribution in [2.75, 3.05) is 0 Å². The molecule has 0 fully saturated rings. The SMILES string of the molecule is CC(C)(C)OC(=O)n1cccc1.OB(O)O. The molecule has 1 heterocycles. The van der Waals surface area contributed by atoms with Crippen LogP contribution in [0.1, 0.15) is 20.8 Å². The van der Waals surface area contributed by atoms with Crippen molar-refractivity contribution in [3.05, 3.63) is 24.5 Å². The number of ether oxygens (including phenoxy) is 1. The molecule has 0 aromatic carbocycles. The van der Waals surface area contributed by atoms with Crippen molar-refractivity contribution in [2.24, 2.45) is 0 Å². The van der Waals surface area contributed by atoms with Gasteiger partial charge in [0.2, 0.25) is 0 Å². The summed E-state index contributed by atoms with van der Waals surface area (Å²) in [7, 11) is -2.17. The van der Waals surface area contributed by atoms with E-state index in [1.54, 1.807) is 24.5 Å². The minimum absolute atomic E-state index is 0.340. The molecule has 1 rings (SSSR count). The van der Waals surface area contributed by atoms with Gasteiger partial charge < -0.3 is 19.8 Å². The second-order valence-corrected chi connectivity index (χ2v) is 3.92. The summed E-state index contributed by atoms with van der Waals surface area (Å²) in [6.07, 6.45) is 2.98. The minimum Gasteiger partial charge on any atom is -0.443 e. The van der Waals surface area contributed by atoms with Crippen LogP contribution in [0.5, 0.6) is 0 Å². The molecule has 0 aliphatic rings. The van der Waals surface area contributed by atoms with E-state index in [-0.39, 0.29) is 6.09 Å². The number of hydrogen-bond donors (Lipinski definition) is 3. The summed E-state index contributed by atoms with van der Waals surface area (Å²) in [5.74, 6) is 0. The van der Waals surface area contributed by atoms with Crippen LogP contribution < -0.4 is 0 Å². The van der Waals surface area contributed by atoms with Crippen LogP contribution in [0.2, 0.25) is 0 Å². The van der Waals surface area contributed by atoms with E-state index in [9.17, 15) is 4.79 Å². The topological polar surface area (TPSA) is 91.9 Å². The first-order valence-electron chi connectivity index (χ1n) is 4.63. The molecule has 0 spiro atoms. The Hall–Kier alpha value is -1.31. The summed E-state index contributed by atoms with van der Waals surface area (Å²) in [5, 5.41) is 21.5. The summed E-state index contributed by atoms with van der Waals surface area (Å²) in [6, 6.07) is 3.56. The Kier molecular flexibility index (Phi) is 5.80. The molecule has 0 amide bonds. The Morgan fingerprint density at radius 1 is 1.19 bits per heavy atom. The van der Waals surface area contributed by atoms with Crippen molar-refractivity contribution < 1.29 is 24.6 Å². The van der Waals surface area contributed by atoms with Gasteiger partial charge in [-0.05, 0) is 32.9 Å². The van der Waals surface area contributed by atoms with Crippen molar-refractivity contribution >= 4 is 13.4 Å². The molecule has 0 unspecified atom stereocenters. The van der Waals surface area contributed by atoms with Gasteiger partial charge in [0.05, 0.1) is 0 Å². The summed E-state index contributed by atoms with van der Waals surface area (Å²) >= 11 is 0. The molecule has 1 aromatic heterocycles. The van der Waals surface area contributed by atoms with Gasteiger partial charge in [-0.25, -0.2) is 4.79 Å². The Morgan fingerprint density at radius 2 is 1.56 bits per heavy atom. The molecule has 16 heavy (non-hydrogen) atoms. The zero-order chi connectivity index (χ0) is 12.8. The summed E-state index contributed by atoms with van der Waals surface area (Å²) in [5.41, 5.74) is -0.429. The van der Waals surface area contributed by atoms with Gasteiger partial charge in [0, 0.05) is 12.4 Å². The molecular weight excluding hydrogens is 213 g/mol. The van der Waals surface area contributed by atoms with E-state index in [0.29, 0.717) is 0 Å². The van der Waals surface area contributed by atoms with E-state index in [4.69, 9.17) is 19.8 Å². The van der Waals surface area contributed by atoms with Crippen molar-refractivity contribution in [3.63, 3.8) is 0 Å². The number of rotatable bonds is 0. The monoisotopic (exact) mass is 229 g/mol. The molecule has 0 atom stereocenters. The van der Waals surface area contributed by atoms with E-state index in [1.807, 2.05) is 20.8 Å². The van der Waals surface area contributed by atoms with Gasteiger partial charge in [-0.3, -0.25) is 4.57 Å². The van der Waals surface area contributed by atoms with Crippen molar-refractivity contribution in [1.82, 2.24) is 4.57 Å².